The predicted octanol–water partition coefficient (Wildman–Crippen LogP) is 4.51. The van der Waals surface area contributed by atoms with Crippen molar-refractivity contribution in [3.8, 4) is 5.75 Å². The number of methoxy groups -OCH3 is 1. The van der Waals surface area contributed by atoms with Crippen molar-refractivity contribution in [2.45, 2.75) is 32.7 Å². The van der Waals surface area contributed by atoms with Gasteiger partial charge in [0.1, 0.15) is 5.75 Å². The van der Waals surface area contributed by atoms with Gasteiger partial charge in [-0.05, 0) is 38.8 Å². The summed E-state index contributed by atoms with van der Waals surface area (Å²) in [5.74, 6) is 0.821. The lowest BCUT2D eigenvalue weighted by molar-refractivity contribution is 0.399. The maximum Gasteiger partial charge on any atom is 0.183 e. The number of fused-ring (bicyclic) bond motifs is 1. The smallest absolute Gasteiger partial charge is 0.183 e. The van der Waals surface area contributed by atoms with E-state index in [1.165, 1.54) is 0 Å². The molecular formula is C19H25N3O2S. The number of rotatable bonds is 4. The van der Waals surface area contributed by atoms with Gasteiger partial charge in [0.25, 0.3) is 0 Å². The summed E-state index contributed by atoms with van der Waals surface area (Å²) in [6, 6.07) is 6.36. The Labute approximate surface area is 153 Å². The highest BCUT2D eigenvalue weighted by molar-refractivity contribution is 7.13. The summed E-state index contributed by atoms with van der Waals surface area (Å²) in [7, 11) is 2.68. The average Bonchev–Trinajstić information content (AvgIpc) is 3.04. The van der Waals surface area contributed by atoms with Gasteiger partial charge in [0.2, 0.25) is 0 Å². The van der Waals surface area contributed by atoms with E-state index >= 15 is 0 Å². The molecule has 0 saturated carbocycles. The molecule has 0 amide bonds. The maximum atomic E-state index is 7.00. The van der Waals surface area contributed by atoms with E-state index in [2.05, 4.69) is 41.7 Å². The van der Waals surface area contributed by atoms with Crippen molar-refractivity contribution in [2.24, 2.45) is 4.99 Å². The van der Waals surface area contributed by atoms with Crippen molar-refractivity contribution < 1.29 is 9.84 Å². The Morgan fingerprint density at radius 3 is 2.80 bits per heavy atom. The van der Waals surface area contributed by atoms with Gasteiger partial charge in [-0.1, -0.05) is 12.2 Å². The van der Waals surface area contributed by atoms with Crippen LogP contribution in [0.2, 0.25) is 0 Å². The minimum absolute atomic E-state index is 0.376. The first-order chi connectivity index (χ1) is 12.2. The van der Waals surface area contributed by atoms with E-state index in [-0.39, 0.29) is 0 Å². The molecule has 0 atom stereocenters. The van der Waals surface area contributed by atoms with E-state index in [0.29, 0.717) is 6.04 Å². The predicted molar refractivity (Wildman–Crippen MR) is 106 cm³/mol. The van der Waals surface area contributed by atoms with Gasteiger partial charge in [-0.25, -0.2) is 4.98 Å². The van der Waals surface area contributed by atoms with Crippen LogP contribution >= 0.6 is 11.3 Å². The van der Waals surface area contributed by atoms with E-state index in [1.807, 2.05) is 18.2 Å². The van der Waals surface area contributed by atoms with Crippen LogP contribution in [-0.4, -0.2) is 36.1 Å². The zero-order chi connectivity index (χ0) is 18.2. The highest BCUT2D eigenvalue weighted by Gasteiger charge is 2.12. The summed E-state index contributed by atoms with van der Waals surface area (Å²) >= 11 is 1.63. The molecule has 1 aliphatic heterocycles. The molecule has 0 aliphatic carbocycles. The second-order valence-electron chi connectivity index (χ2n) is 5.76. The number of nitrogens with zero attached hydrogens (tertiary/aromatic N) is 2. The number of nitrogens with one attached hydrogen (secondary N) is 1. The van der Waals surface area contributed by atoms with Gasteiger partial charge in [0, 0.05) is 30.2 Å². The number of aliphatic hydroxyl groups is 1. The molecule has 0 fully saturated rings. The molecule has 0 unspecified atom stereocenters. The summed E-state index contributed by atoms with van der Waals surface area (Å²) in [6.07, 6.45) is 6.17. The molecule has 2 heterocycles. The van der Waals surface area contributed by atoms with Crippen molar-refractivity contribution in [1.82, 2.24) is 4.98 Å². The highest BCUT2D eigenvalue weighted by atomic mass is 32.1. The monoisotopic (exact) mass is 359 g/mol. The largest absolute Gasteiger partial charge is 0.497 e. The molecule has 1 aliphatic rings. The highest BCUT2D eigenvalue weighted by Crippen LogP contribution is 2.30. The topological polar surface area (TPSA) is 66.7 Å². The van der Waals surface area contributed by atoms with Crippen molar-refractivity contribution in [3.63, 3.8) is 0 Å². The minimum Gasteiger partial charge on any atom is -0.497 e. The molecule has 1 aromatic carbocycles. The van der Waals surface area contributed by atoms with Crippen LogP contribution in [0.25, 0.3) is 6.08 Å². The van der Waals surface area contributed by atoms with Crippen LogP contribution in [0, 0.1) is 0 Å². The van der Waals surface area contributed by atoms with E-state index in [4.69, 9.17) is 14.8 Å². The Bertz CT molecular complexity index is 751. The number of hydrogen-bond acceptors (Lipinski definition) is 6. The lowest BCUT2D eigenvalue weighted by Crippen LogP contribution is -2.10. The molecule has 25 heavy (non-hydrogen) atoms. The molecule has 134 valence electrons. The van der Waals surface area contributed by atoms with Crippen molar-refractivity contribution >= 4 is 33.9 Å². The van der Waals surface area contributed by atoms with Crippen LogP contribution in [0.5, 0.6) is 5.75 Å². The fraction of sp³-hybridized carbons (Fsp3) is 0.368. The Morgan fingerprint density at radius 1 is 1.28 bits per heavy atom. The summed E-state index contributed by atoms with van der Waals surface area (Å²) < 4.78 is 5.32. The van der Waals surface area contributed by atoms with Gasteiger partial charge in [0.05, 0.1) is 24.2 Å². The Hall–Kier alpha value is -2.18. The minimum atomic E-state index is 0.376. The third-order valence-electron chi connectivity index (χ3n) is 3.55. The fourth-order valence-corrected chi connectivity index (χ4v) is 3.29. The molecule has 6 heteroatoms. The molecule has 0 saturated heterocycles. The first kappa shape index (κ1) is 19.1. The summed E-state index contributed by atoms with van der Waals surface area (Å²) in [5.41, 5.74) is 4.03. The van der Waals surface area contributed by atoms with E-state index < -0.39 is 0 Å². The molecule has 3 rings (SSSR count). The Morgan fingerprint density at radius 2 is 2.08 bits per heavy atom. The zero-order valence-electron chi connectivity index (χ0n) is 15.1. The molecular weight excluding hydrogens is 334 g/mol. The van der Waals surface area contributed by atoms with Gasteiger partial charge < -0.3 is 15.2 Å². The second kappa shape index (κ2) is 9.34. The lowest BCUT2D eigenvalue weighted by atomic mass is 10.1. The normalized spacial score (nSPS) is 14.4. The molecule has 0 radical (unpaired) electrons. The maximum absolute atomic E-state index is 7.00. The van der Waals surface area contributed by atoms with Crippen molar-refractivity contribution in [3.05, 3.63) is 40.9 Å². The van der Waals surface area contributed by atoms with Gasteiger partial charge in [-0.2, -0.15) is 0 Å². The summed E-state index contributed by atoms with van der Waals surface area (Å²) in [6.45, 7) is 4.23. The first-order valence-electron chi connectivity index (χ1n) is 8.25. The van der Waals surface area contributed by atoms with Gasteiger partial charge in [0.15, 0.2) is 5.13 Å². The Balaban J connectivity index is 0.00000109. The van der Waals surface area contributed by atoms with Gasteiger partial charge in [-0.15, -0.1) is 11.3 Å². The number of benzene rings is 1. The lowest BCUT2D eigenvalue weighted by Gasteiger charge is -2.10. The van der Waals surface area contributed by atoms with Crippen LogP contribution in [0.3, 0.4) is 0 Å². The standard InChI is InChI=1S/C18H21N3OS.CH4O/c1-12(2)19-18-21-17(11-23-18)15-7-5-4-6-13-8-9-14(22-3)10-16(13)20-15;1-2/h4,6,8-12H,5,7H2,1-3H3,(H,19,21);2H,1H3/b6-4-,20-15?;. The van der Waals surface area contributed by atoms with Crippen LogP contribution in [0.4, 0.5) is 10.8 Å². The van der Waals surface area contributed by atoms with Crippen LogP contribution in [0.15, 0.2) is 34.6 Å². The molecule has 1 aromatic heterocycles. The van der Waals surface area contributed by atoms with E-state index in [0.717, 1.165) is 53.5 Å². The number of aliphatic hydroxyl groups excluding tert-OH is 1. The molecule has 0 bridgehead atoms. The third kappa shape index (κ3) is 5.14. The van der Waals surface area contributed by atoms with Crippen LogP contribution in [0.1, 0.15) is 37.9 Å². The van der Waals surface area contributed by atoms with Crippen molar-refractivity contribution in [2.75, 3.05) is 19.5 Å². The van der Waals surface area contributed by atoms with Gasteiger partial charge >= 0.3 is 0 Å². The quantitative estimate of drug-likeness (QED) is 0.843. The summed E-state index contributed by atoms with van der Waals surface area (Å²) in [5, 5.41) is 13.4. The number of aromatic nitrogens is 1. The van der Waals surface area contributed by atoms with Gasteiger partial charge in [-0.3, -0.25) is 4.99 Å². The van der Waals surface area contributed by atoms with E-state index in [1.54, 1.807) is 18.4 Å². The SMILES string of the molecule is CO.COc1ccc2c(c1)N=C(c1csc(NC(C)C)n1)CC/C=C\2. The van der Waals surface area contributed by atoms with Crippen LogP contribution < -0.4 is 10.1 Å². The number of aliphatic imine (C=N–C) groups is 1. The number of thiazole rings is 1. The average molecular weight is 359 g/mol. The molecule has 5 nitrogen and oxygen atoms in total. The second-order valence-corrected chi connectivity index (χ2v) is 6.62. The van der Waals surface area contributed by atoms with E-state index in [9.17, 15) is 0 Å². The van der Waals surface area contributed by atoms with Crippen LogP contribution in [-0.2, 0) is 0 Å². The number of ether oxygens (including phenoxy) is 1. The molecule has 2 aromatic rings. The fourth-order valence-electron chi connectivity index (χ4n) is 2.42. The number of allylic oxidation sites excluding steroid dienone is 1. The summed E-state index contributed by atoms with van der Waals surface area (Å²) in [4.78, 5) is 9.56. The molecule has 2 N–H and O–H groups in total. The molecule has 0 spiro atoms. The zero-order valence-corrected chi connectivity index (χ0v) is 15.9. The Kier molecular flexibility index (Phi) is 7.16. The van der Waals surface area contributed by atoms with Crippen molar-refractivity contribution in [1.29, 1.82) is 0 Å². The first-order valence-corrected chi connectivity index (χ1v) is 9.13. The number of hydrogen-bond donors (Lipinski definition) is 2. The third-order valence-corrected chi connectivity index (χ3v) is 4.32. The number of anilines is 1.